The highest BCUT2D eigenvalue weighted by molar-refractivity contribution is 7.19. The third kappa shape index (κ3) is 2.26. The van der Waals surface area contributed by atoms with Crippen molar-refractivity contribution in [1.29, 1.82) is 0 Å². The molecule has 1 aliphatic carbocycles. The summed E-state index contributed by atoms with van der Waals surface area (Å²) in [5.41, 5.74) is 0.364. The van der Waals surface area contributed by atoms with Gasteiger partial charge in [0.05, 0.1) is 5.56 Å². The van der Waals surface area contributed by atoms with Gasteiger partial charge in [-0.1, -0.05) is 12.5 Å². The van der Waals surface area contributed by atoms with Crippen molar-refractivity contribution in [2.75, 3.05) is 0 Å². The molecule has 4 heteroatoms. The number of aromatic carboxylic acids is 1. The molecule has 0 bridgehead atoms. The number of carboxylic acids is 1. The number of benzene rings is 1. The highest BCUT2D eigenvalue weighted by Crippen LogP contribution is 2.27. The predicted molar refractivity (Wildman–Crippen MR) is 73.3 cm³/mol. The number of carbonyl (C=O) groups is 1. The van der Waals surface area contributed by atoms with Crippen molar-refractivity contribution < 1.29 is 9.90 Å². The molecule has 2 N–H and O–H groups in total. The Morgan fingerprint density at radius 2 is 2.22 bits per heavy atom. The van der Waals surface area contributed by atoms with E-state index in [-0.39, 0.29) is 0 Å². The van der Waals surface area contributed by atoms with E-state index < -0.39 is 5.97 Å². The topological polar surface area (TPSA) is 49.3 Å². The first-order valence-corrected chi connectivity index (χ1v) is 7.03. The SMILES string of the molecule is O=C(O)c1ccc2cc(CNC3CCC3)sc2c1. The Balaban J connectivity index is 1.79. The van der Waals surface area contributed by atoms with Crippen molar-refractivity contribution in [2.24, 2.45) is 0 Å². The molecular weight excluding hydrogens is 246 g/mol. The Bertz CT molecular complexity index is 586. The van der Waals surface area contributed by atoms with Crippen LogP contribution in [-0.4, -0.2) is 17.1 Å². The van der Waals surface area contributed by atoms with Gasteiger partial charge in [0, 0.05) is 22.2 Å². The molecule has 1 fully saturated rings. The van der Waals surface area contributed by atoms with Gasteiger partial charge in [-0.2, -0.15) is 0 Å². The zero-order chi connectivity index (χ0) is 12.5. The van der Waals surface area contributed by atoms with Gasteiger partial charge < -0.3 is 10.4 Å². The average molecular weight is 261 g/mol. The zero-order valence-electron chi connectivity index (χ0n) is 9.98. The van der Waals surface area contributed by atoms with Crippen LogP contribution in [0.5, 0.6) is 0 Å². The van der Waals surface area contributed by atoms with Gasteiger partial charge in [0.25, 0.3) is 0 Å². The number of carboxylic acid groups (broad SMARTS) is 1. The second-order valence-corrected chi connectivity index (χ2v) is 5.95. The molecule has 0 atom stereocenters. The monoisotopic (exact) mass is 261 g/mol. The molecule has 0 unspecified atom stereocenters. The first kappa shape index (κ1) is 11.7. The second-order valence-electron chi connectivity index (χ2n) is 4.78. The van der Waals surface area contributed by atoms with E-state index in [0.29, 0.717) is 11.6 Å². The molecule has 1 heterocycles. The third-order valence-electron chi connectivity index (χ3n) is 3.49. The summed E-state index contributed by atoms with van der Waals surface area (Å²) in [5, 5.41) is 13.6. The van der Waals surface area contributed by atoms with Gasteiger partial charge >= 0.3 is 5.97 Å². The van der Waals surface area contributed by atoms with Gasteiger partial charge in [0.15, 0.2) is 0 Å². The minimum atomic E-state index is -0.862. The van der Waals surface area contributed by atoms with Crippen molar-refractivity contribution in [3.8, 4) is 0 Å². The maximum absolute atomic E-state index is 10.9. The molecule has 0 aliphatic heterocycles. The Morgan fingerprint density at radius 1 is 1.39 bits per heavy atom. The maximum atomic E-state index is 10.9. The smallest absolute Gasteiger partial charge is 0.335 e. The number of fused-ring (bicyclic) bond motifs is 1. The molecule has 0 spiro atoms. The van der Waals surface area contributed by atoms with Crippen LogP contribution < -0.4 is 5.32 Å². The van der Waals surface area contributed by atoms with Crippen LogP contribution in [0, 0.1) is 0 Å². The van der Waals surface area contributed by atoms with Crippen LogP contribution in [0.4, 0.5) is 0 Å². The third-order valence-corrected chi connectivity index (χ3v) is 4.59. The zero-order valence-corrected chi connectivity index (χ0v) is 10.8. The molecular formula is C14H15NO2S. The largest absolute Gasteiger partial charge is 0.478 e. The van der Waals surface area contributed by atoms with Crippen molar-refractivity contribution in [2.45, 2.75) is 31.8 Å². The normalized spacial score (nSPS) is 15.8. The van der Waals surface area contributed by atoms with Crippen LogP contribution in [0.3, 0.4) is 0 Å². The molecule has 1 aromatic heterocycles. The van der Waals surface area contributed by atoms with Crippen LogP contribution >= 0.6 is 11.3 Å². The van der Waals surface area contributed by atoms with Gasteiger partial charge in [0.1, 0.15) is 0 Å². The summed E-state index contributed by atoms with van der Waals surface area (Å²) < 4.78 is 1.06. The first-order chi connectivity index (χ1) is 8.72. The standard InChI is InChI=1S/C14H15NO2S/c16-14(17)10-5-4-9-6-12(18-13(9)7-10)8-15-11-2-1-3-11/h4-7,11,15H,1-3,8H2,(H,16,17). The number of hydrogen-bond acceptors (Lipinski definition) is 3. The minimum absolute atomic E-state index is 0.364. The average Bonchev–Trinajstić information content (AvgIpc) is 2.68. The van der Waals surface area contributed by atoms with Crippen LogP contribution in [-0.2, 0) is 6.54 Å². The first-order valence-electron chi connectivity index (χ1n) is 6.21. The summed E-state index contributed by atoms with van der Waals surface area (Å²) in [5.74, 6) is -0.862. The molecule has 0 radical (unpaired) electrons. The van der Waals surface area contributed by atoms with Gasteiger partial charge in [-0.05, 0) is 36.4 Å². The maximum Gasteiger partial charge on any atom is 0.335 e. The summed E-state index contributed by atoms with van der Waals surface area (Å²) in [6.07, 6.45) is 3.91. The van der Waals surface area contributed by atoms with Crippen LogP contribution in [0.1, 0.15) is 34.5 Å². The lowest BCUT2D eigenvalue weighted by Crippen LogP contribution is -2.34. The van der Waals surface area contributed by atoms with E-state index in [0.717, 1.165) is 16.6 Å². The second kappa shape index (κ2) is 4.71. The Labute approximate surface area is 109 Å². The highest BCUT2D eigenvalue weighted by atomic mass is 32.1. The van der Waals surface area contributed by atoms with Crippen molar-refractivity contribution >= 4 is 27.4 Å². The van der Waals surface area contributed by atoms with Gasteiger partial charge in [0.2, 0.25) is 0 Å². The van der Waals surface area contributed by atoms with Crippen LogP contribution in [0.25, 0.3) is 10.1 Å². The molecule has 1 saturated carbocycles. The van der Waals surface area contributed by atoms with E-state index in [1.165, 1.54) is 24.1 Å². The summed E-state index contributed by atoms with van der Waals surface area (Å²) >= 11 is 1.68. The Kier molecular flexibility index (Phi) is 3.06. The highest BCUT2D eigenvalue weighted by Gasteiger charge is 2.16. The van der Waals surface area contributed by atoms with Crippen molar-refractivity contribution in [1.82, 2.24) is 5.32 Å². The molecule has 3 nitrogen and oxygen atoms in total. The fourth-order valence-corrected chi connectivity index (χ4v) is 3.22. The molecule has 1 aliphatic rings. The number of hydrogen-bond donors (Lipinski definition) is 2. The number of thiophene rings is 1. The lowest BCUT2D eigenvalue weighted by atomic mass is 9.93. The minimum Gasteiger partial charge on any atom is -0.478 e. The molecule has 1 aromatic carbocycles. The Hall–Kier alpha value is -1.39. The summed E-state index contributed by atoms with van der Waals surface area (Å²) in [6.45, 7) is 0.895. The fraction of sp³-hybridized carbons (Fsp3) is 0.357. The van der Waals surface area contributed by atoms with Gasteiger partial charge in [-0.25, -0.2) is 4.79 Å². The van der Waals surface area contributed by atoms with E-state index in [1.807, 2.05) is 6.07 Å². The summed E-state index contributed by atoms with van der Waals surface area (Å²) in [4.78, 5) is 12.2. The molecule has 94 valence electrons. The molecule has 2 aromatic rings. The van der Waals surface area contributed by atoms with E-state index in [9.17, 15) is 4.79 Å². The van der Waals surface area contributed by atoms with Crippen molar-refractivity contribution in [3.63, 3.8) is 0 Å². The van der Waals surface area contributed by atoms with E-state index in [4.69, 9.17) is 5.11 Å². The lowest BCUT2D eigenvalue weighted by molar-refractivity contribution is 0.0697. The number of nitrogens with one attached hydrogen (secondary N) is 1. The van der Waals surface area contributed by atoms with E-state index in [1.54, 1.807) is 23.5 Å². The van der Waals surface area contributed by atoms with E-state index in [2.05, 4.69) is 11.4 Å². The predicted octanol–water partition coefficient (Wildman–Crippen LogP) is 3.24. The van der Waals surface area contributed by atoms with E-state index >= 15 is 0 Å². The number of rotatable bonds is 4. The lowest BCUT2D eigenvalue weighted by Gasteiger charge is -2.26. The van der Waals surface area contributed by atoms with Gasteiger partial charge in [-0.3, -0.25) is 0 Å². The van der Waals surface area contributed by atoms with Crippen LogP contribution in [0.2, 0.25) is 0 Å². The molecule has 0 amide bonds. The molecule has 3 rings (SSSR count). The van der Waals surface area contributed by atoms with Crippen LogP contribution in [0.15, 0.2) is 24.3 Å². The fourth-order valence-electron chi connectivity index (χ4n) is 2.16. The molecule has 0 saturated heterocycles. The van der Waals surface area contributed by atoms with Gasteiger partial charge in [-0.15, -0.1) is 11.3 Å². The quantitative estimate of drug-likeness (QED) is 0.888. The summed E-state index contributed by atoms with van der Waals surface area (Å²) in [7, 11) is 0. The molecule has 18 heavy (non-hydrogen) atoms. The summed E-state index contributed by atoms with van der Waals surface area (Å²) in [6, 6.07) is 8.15. The Morgan fingerprint density at radius 3 is 2.89 bits per heavy atom. The van der Waals surface area contributed by atoms with Crippen molar-refractivity contribution in [3.05, 3.63) is 34.7 Å².